The summed E-state index contributed by atoms with van der Waals surface area (Å²) in [5, 5.41) is 0.829. The Bertz CT molecular complexity index is 951. The number of nitrogens with zero attached hydrogens (tertiary/aromatic N) is 2. The van der Waals surface area contributed by atoms with E-state index in [0.29, 0.717) is 17.0 Å². The minimum atomic E-state index is -0.480. The van der Waals surface area contributed by atoms with E-state index in [1.54, 1.807) is 30.1 Å². The number of benzene rings is 2. The fraction of sp³-hybridized carbons (Fsp3) is 0.150. The van der Waals surface area contributed by atoms with Crippen molar-refractivity contribution in [1.29, 1.82) is 0 Å². The number of hydrogen-bond acceptors (Lipinski definition) is 4. The van der Waals surface area contributed by atoms with Crippen LogP contribution in [-0.4, -0.2) is 28.7 Å². The molecule has 132 valence electrons. The van der Waals surface area contributed by atoms with Crippen LogP contribution in [0.3, 0.4) is 0 Å². The third-order valence-corrected chi connectivity index (χ3v) is 5.18. The molecule has 3 rings (SSSR count). The zero-order valence-corrected chi connectivity index (χ0v) is 15.4. The van der Waals surface area contributed by atoms with Gasteiger partial charge >= 0.3 is 0 Å². The summed E-state index contributed by atoms with van der Waals surface area (Å²) in [6, 6.07) is 16.8. The molecule has 5 nitrogen and oxygen atoms in total. The summed E-state index contributed by atoms with van der Waals surface area (Å²) < 4.78 is 0. The molecule has 0 aliphatic rings. The van der Waals surface area contributed by atoms with Gasteiger partial charge in [-0.2, -0.15) is 0 Å². The van der Waals surface area contributed by atoms with Crippen LogP contribution in [0.15, 0.2) is 54.6 Å². The predicted molar refractivity (Wildman–Crippen MR) is 103 cm³/mol. The number of thiazole rings is 1. The Labute approximate surface area is 156 Å². The van der Waals surface area contributed by atoms with Gasteiger partial charge in [0.25, 0.3) is 5.91 Å². The largest absolute Gasteiger partial charge is 0.366 e. The number of aromatic nitrogens is 1. The maximum Gasteiger partial charge on any atom is 0.265 e. The molecule has 0 aliphatic carbocycles. The molecule has 26 heavy (non-hydrogen) atoms. The molecule has 2 N–H and O–H groups in total. The second kappa shape index (κ2) is 7.49. The second-order valence-electron chi connectivity index (χ2n) is 6.03. The van der Waals surface area contributed by atoms with Gasteiger partial charge in [-0.1, -0.05) is 42.5 Å². The minimum Gasteiger partial charge on any atom is -0.366 e. The van der Waals surface area contributed by atoms with Crippen molar-refractivity contribution in [3.63, 3.8) is 0 Å². The topological polar surface area (TPSA) is 76.3 Å². The Kier molecular flexibility index (Phi) is 5.14. The van der Waals surface area contributed by atoms with Crippen LogP contribution in [0.25, 0.3) is 10.6 Å². The van der Waals surface area contributed by atoms with Crippen LogP contribution < -0.4 is 5.73 Å². The molecule has 2 aromatic carbocycles. The molecule has 0 atom stereocenters. The standard InChI is InChI=1S/C20H19N3O2S/c1-13-17(26-19(22-13)15-8-4-3-5-9-15)20(25)23(2)12-14-7-6-10-16(11-14)18(21)24/h3-11H,12H2,1-2H3,(H2,21,24). The van der Waals surface area contributed by atoms with E-state index in [4.69, 9.17) is 5.73 Å². The highest BCUT2D eigenvalue weighted by molar-refractivity contribution is 7.17. The van der Waals surface area contributed by atoms with E-state index in [9.17, 15) is 9.59 Å². The first-order valence-electron chi connectivity index (χ1n) is 8.13. The van der Waals surface area contributed by atoms with Gasteiger partial charge in [0.2, 0.25) is 5.91 Å². The first kappa shape index (κ1) is 17.8. The summed E-state index contributed by atoms with van der Waals surface area (Å²) in [5.74, 6) is -0.571. The number of carbonyl (C=O) groups excluding carboxylic acids is 2. The van der Waals surface area contributed by atoms with Crippen molar-refractivity contribution in [1.82, 2.24) is 9.88 Å². The highest BCUT2D eigenvalue weighted by atomic mass is 32.1. The number of carbonyl (C=O) groups is 2. The molecule has 0 bridgehead atoms. The molecule has 3 aromatic rings. The lowest BCUT2D eigenvalue weighted by atomic mass is 10.1. The Hall–Kier alpha value is -2.99. The van der Waals surface area contributed by atoms with Crippen LogP contribution in [0, 0.1) is 6.92 Å². The van der Waals surface area contributed by atoms with Gasteiger partial charge in [0, 0.05) is 24.7 Å². The van der Waals surface area contributed by atoms with Gasteiger partial charge in [0.1, 0.15) is 9.88 Å². The second-order valence-corrected chi connectivity index (χ2v) is 7.02. The molecule has 0 unspecified atom stereocenters. The third kappa shape index (κ3) is 3.81. The van der Waals surface area contributed by atoms with E-state index in [1.807, 2.05) is 43.3 Å². The molecule has 0 spiro atoms. The molecular weight excluding hydrogens is 346 g/mol. The van der Waals surface area contributed by atoms with E-state index in [0.717, 1.165) is 21.8 Å². The summed E-state index contributed by atoms with van der Waals surface area (Å²) >= 11 is 1.39. The zero-order chi connectivity index (χ0) is 18.7. The van der Waals surface area contributed by atoms with Crippen LogP contribution >= 0.6 is 11.3 Å². The molecule has 0 aliphatic heterocycles. The van der Waals surface area contributed by atoms with Gasteiger partial charge in [-0.05, 0) is 24.6 Å². The average molecular weight is 365 g/mol. The molecule has 2 amide bonds. The van der Waals surface area contributed by atoms with Crippen LogP contribution in [0.4, 0.5) is 0 Å². The van der Waals surface area contributed by atoms with Crippen molar-refractivity contribution in [2.75, 3.05) is 7.05 Å². The molecular formula is C20H19N3O2S. The lowest BCUT2D eigenvalue weighted by Gasteiger charge is -2.17. The van der Waals surface area contributed by atoms with Gasteiger partial charge in [0.05, 0.1) is 5.69 Å². The van der Waals surface area contributed by atoms with Gasteiger partial charge in [-0.15, -0.1) is 11.3 Å². The third-order valence-electron chi connectivity index (χ3n) is 3.99. The molecule has 1 aromatic heterocycles. The van der Waals surface area contributed by atoms with E-state index < -0.39 is 5.91 Å². The molecule has 0 radical (unpaired) electrons. The summed E-state index contributed by atoms with van der Waals surface area (Å²) in [6.45, 7) is 2.23. The van der Waals surface area contributed by atoms with Crippen LogP contribution in [0.1, 0.15) is 31.3 Å². The summed E-state index contributed by atoms with van der Waals surface area (Å²) in [5.41, 5.74) is 8.32. The van der Waals surface area contributed by atoms with E-state index in [1.165, 1.54) is 11.3 Å². The Balaban J connectivity index is 1.80. The predicted octanol–water partition coefficient (Wildman–Crippen LogP) is 3.49. The lowest BCUT2D eigenvalue weighted by Crippen LogP contribution is -2.26. The summed E-state index contributed by atoms with van der Waals surface area (Å²) in [4.78, 5) is 30.9. The fourth-order valence-electron chi connectivity index (χ4n) is 2.64. The number of aryl methyl sites for hydroxylation is 1. The SMILES string of the molecule is Cc1nc(-c2ccccc2)sc1C(=O)N(C)Cc1cccc(C(N)=O)c1. The van der Waals surface area contributed by atoms with Crippen LogP contribution in [-0.2, 0) is 6.54 Å². The number of hydrogen-bond donors (Lipinski definition) is 1. The van der Waals surface area contributed by atoms with Crippen molar-refractivity contribution in [3.05, 3.63) is 76.3 Å². The first-order valence-corrected chi connectivity index (χ1v) is 8.94. The van der Waals surface area contributed by atoms with Crippen molar-refractivity contribution >= 4 is 23.2 Å². The Morgan fingerprint density at radius 1 is 1.12 bits per heavy atom. The molecule has 0 fully saturated rings. The number of nitrogens with two attached hydrogens (primary N) is 1. The lowest BCUT2D eigenvalue weighted by molar-refractivity contribution is 0.0789. The maximum atomic E-state index is 12.8. The van der Waals surface area contributed by atoms with Gasteiger partial charge in [-0.3, -0.25) is 9.59 Å². The number of primary amides is 1. The normalized spacial score (nSPS) is 10.5. The molecule has 0 saturated heterocycles. The van der Waals surface area contributed by atoms with Gasteiger partial charge in [0.15, 0.2) is 0 Å². The smallest absolute Gasteiger partial charge is 0.265 e. The van der Waals surface area contributed by atoms with E-state index >= 15 is 0 Å². The van der Waals surface area contributed by atoms with Crippen molar-refractivity contribution in [2.45, 2.75) is 13.5 Å². The maximum absolute atomic E-state index is 12.8. The Morgan fingerprint density at radius 2 is 1.85 bits per heavy atom. The van der Waals surface area contributed by atoms with E-state index in [2.05, 4.69) is 4.98 Å². The first-order chi connectivity index (χ1) is 12.5. The fourth-order valence-corrected chi connectivity index (χ4v) is 3.71. The molecule has 1 heterocycles. The molecule has 0 saturated carbocycles. The van der Waals surface area contributed by atoms with Crippen molar-refractivity contribution < 1.29 is 9.59 Å². The van der Waals surface area contributed by atoms with Crippen LogP contribution in [0.2, 0.25) is 0 Å². The van der Waals surface area contributed by atoms with Crippen molar-refractivity contribution in [3.8, 4) is 10.6 Å². The zero-order valence-electron chi connectivity index (χ0n) is 14.6. The van der Waals surface area contributed by atoms with Crippen molar-refractivity contribution in [2.24, 2.45) is 5.73 Å². The number of amides is 2. The van der Waals surface area contributed by atoms with E-state index in [-0.39, 0.29) is 5.91 Å². The number of rotatable bonds is 5. The van der Waals surface area contributed by atoms with Gasteiger partial charge in [-0.25, -0.2) is 4.98 Å². The Morgan fingerprint density at radius 3 is 2.54 bits per heavy atom. The minimum absolute atomic E-state index is 0.0911. The monoisotopic (exact) mass is 365 g/mol. The summed E-state index contributed by atoms with van der Waals surface area (Å²) in [7, 11) is 1.74. The summed E-state index contributed by atoms with van der Waals surface area (Å²) in [6.07, 6.45) is 0. The van der Waals surface area contributed by atoms with Crippen LogP contribution in [0.5, 0.6) is 0 Å². The molecule has 6 heteroatoms. The highest BCUT2D eigenvalue weighted by Crippen LogP contribution is 2.28. The highest BCUT2D eigenvalue weighted by Gasteiger charge is 2.20. The average Bonchev–Trinajstić information content (AvgIpc) is 3.03. The van der Waals surface area contributed by atoms with Gasteiger partial charge < -0.3 is 10.6 Å². The quantitative estimate of drug-likeness (QED) is 0.752.